The largest absolute Gasteiger partial charge is 0.345 e. The third-order valence-electron chi connectivity index (χ3n) is 2.07. The maximum atomic E-state index is 11.0. The Morgan fingerprint density at radius 2 is 2.28 bits per heavy atom. The number of hydrogen-bond acceptors (Lipinski definition) is 8. The van der Waals surface area contributed by atoms with Gasteiger partial charge in [0.1, 0.15) is 6.33 Å². The first kappa shape index (κ1) is 12.3. The minimum absolute atomic E-state index is 0.0355. The summed E-state index contributed by atoms with van der Waals surface area (Å²) in [7, 11) is 1.78. The quantitative estimate of drug-likeness (QED) is 0.356. The molecule has 0 aliphatic carbocycles. The first-order chi connectivity index (χ1) is 8.63. The summed E-state index contributed by atoms with van der Waals surface area (Å²) in [6, 6.07) is 0. The van der Waals surface area contributed by atoms with E-state index in [9.17, 15) is 10.1 Å². The number of nitrogen functional groups attached to an aromatic ring is 1. The Hall–Kier alpha value is -2.20. The topological polar surface area (TPSA) is 125 Å². The number of nitrogens with two attached hydrogens (primary N) is 1. The summed E-state index contributed by atoms with van der Waals surface area (Å²) >= 11 is 1.07. The molecule has 0 aliphatic heterocycles. The molecule has 0 atom stereocenters. The van der Waals surface area contributed by atoms with Crippen molar-refractivity contribution >= 4 is 23.3 Å². The Kier molecular flexibility index (Phi) is 3.39. The predicted molar refractivity (Wildman–Crippen MR) is 63.8 cm³/mol. The Morgan fingerprint density at radius 1 is 1.50 bits per heavy atom. The van der Waals surface area contributed by atoms with Crippen LogP contribution in [-0.4, -0.2) is 24.4 Å². The summed E-state index contributed by atoms with van der Waals surface area (Å²) in [6.07, 6.45) is 4.53. The van der Waals surface area contributed by atoms with Crippen molar-refractivity contribution in [3.05, 3.63) is 28.8 Å². The first-order valence-electron chi connectivity index (χ1n) is 4.74. The monoisotopic (exact) mass is 267 g/mol. The fourth-order valence-corrected chi connectivity index (χ4v) is 2.10. The molecule has 94 valence electrons. The highest BCUT2D eigenvalue weighted by molar-refractivity contribution is 7.99. The van der Waals surface area contributed by atoms with E-state index in [4.69, 9.17) is 5.84 Å². The van der Waals surface area contributed by atoms with Crippen molar-refractivity contribution in [1.29, 1.82) is 0 Å². The van der Waals surface area contributed by atoms with Gasteiger partial charge in [0.25, 0.3) is 0 Å². The third-order valence-corrected chi connectivity index (χ3v) is 3.14. The van der Waals surface area contributed by atoms with Crippen molar-refractivity contribution in [3.8, 4) is 0 Å². The number of nitro groups is 1. The molecule has 0 saturated carbocycles. The van der Waals surface area contributed by atoms with Crippen LogP contribution in [0, 0.1) is 10.1 Å². The highest BCUT2D eigenvalue weighted by Gasteiger charge is 2.24. The van der Waals surface area contributed by atoms with E-state index in [0.717, 1.165) is 11.8 Å². The van der Waals surface area contributed by atoms with Gasteiger partial charge in [-0.3, -0.25) is 10.1 Å². The number of nitrogens with zero attached hydrogens (tertiary/aromatic N) is 5. The molecule has 10 heteroatoms. The lowest BCUT2D eigenvalue weighted by molar-refractivity contribution is -0.387. The number of aromatic nitrogens is 4. The van der Waals surface area contributed by atoms with Gasteiger partial charge >= 0.3 is 5.69 Å². The lowest BCUT2D eigenvalue weighted by atomic mass is 10.5. The van der Waals surface area contributed by atoms with Crippen molar-refractivity contribution in [1.82, 2.24) is 19.5 Å². The summed E-state index contributed by atoms with van der Waals surface area (Å²) in [6.45, 7) is 0. The maximum Gasteiger partial charge on any atom is 0.345 e. The smallest absolute Gasteiger partial charge is 0.329 e. The van der Waals surface area contributed by atoms with Crippen molar-refractivity contribution < 1.29 is 4.92 Å². The van der Waals surface area contributed by atoms with Crippen molar-refractivity contribution in [2.45, 2.75) is 10.2 Å². The molecular weight excluding hydrogens is 258 g/mol. The Labute approximate surface area is 106 Å². The molecule has 18 heavy (non-hydrogen) atoms. The zero-order valence-corrected chi connectivity index (χ0v) is 10.1. The zero-order valence-electron chi connectivity index (χ0n) is 9.27. The Bertz CT molecular complexity index is 585. The second-order valence-electron chi connectivity index (χ2n) is 3.20. The molecular formula is C8H9N7O2S. The summed E-state index contributed by atoms with van der Waals surface area (Å²) in [4.78, 5) is 22.1. The van der Waals surface area contributed by atoms with Crippen LogP contribution in [0.25, 0.3) is 0 Å². The number of rotatable bonds is 4. The summed E-state index contributed by atoms with van der Waals surface area (Å²) in [5.41, 5.74) is 1.91. The highest BCUT2D eigenvalue weighted by atomic mass is 32.2. The summed E-state index contributed by atoms with van der Waals surface area (Å²) < 4.78 is 1.73. The van der Waals surface area contributed by atoms with Gasteiger partial charge in [0.05, 0.1) is 4.92 Å². The Balaban J connectivity index is 2.44. The average molecular weight is 267 g/mol. The molecule has 0 amide bonds. The van der Waals surface area contributed by atoms with Crippen LogP contribution in [0.1, 0.15) is 0 Å². The van der Waals surface area contributed by atoms with Crippen LogP contribution < -0.4 is 11.3 Å². The molecule has 0 aliphatic rings. The molecule has 2 aromatic heterocycles. The van der Waals surface area contributed by atoms with Gasteiger partial charge in [-0.05, 0) is 11.8 Å². The summed E-state index contributed by atoms with van der Waals surface area (Å²) in [5, 5.41) is 11.8. The van der Waals surface area contributed by atoms with Crippen LogP contribution in [0.3, 0.4) is 0 Å². The third kappa shape index (κ3) is 2.24. The van der Waals surface area contributed by atoms with Gasteiger partial charge < -0.3 is 9.99 Å². The van der Waals surface area contributed by atoms with Gasteiger partial charge in [-0.2, -0.15) is 0 Å². The minimum Gasteiger partial charge on any atom is -0.329 e. The predicted octanol–water partition coefficient (Wildman–Crippen LogP) is 0.555. The van der Waals surface area contributed by atoms with Crippen molar-refractivity contribution in [2.75, 3.05) is 5.43 Å². The number of imidazole rings is 1. The highest BCUT2D eigenvalue weighted by Crippen LogP contribution is 2.34. The van der Waals surface area contributed by atoms with E-state index in [1.807, 2.05) is 0 Å². The lowest BCUT2D eigenvalue weighted by Crippen LogP contribution is -2.12. The van der Waals surface area contributed by atoms with Gasteiger partial charge in [-0.15, -0.1) is 0 Å². The normalized spacial score (nSPS) is 10.3. The van der Waals surface area contributed by atoms with Crippen LogP contribution in [-0.2, 0) is 7.05 Å². The minimum atomic E-state index is -0.583. The second kappa shape index (κ2) is 4.98. The number of anilines is 1. The van der Waals surface area contributed by atoms with Gasteiger partial charge in [-0.1, -0.05) is 0 Å². The van der Waals surface area contributed by atoms with Gasteiger partial charge in [0.15, 0.2) is 10.2 Å². The van der Waals surface area contributed by atoms with Gasteiger partial charge in [-0.25, -0.2) is 20.8 Å². The molecule has 2 aromatic rings. The van der Waals surface area contributed by atoms with E-state index in [1.54, 1.807) is 24.0 Å². The number of aryl methyl sites for hydroxylation is 1. The number of hydrazine groups is 1. The standard InChI is InChI=1S/C8H9N7O2S/c1-14-3-2-10-8(14)18-7-5(15(16)17)6(13-9)11-4-12-7/h2-4H,9H2,1H3,(H,11,12,13). The molecule has 3 N–H and O–H groups in total. The number of nitrogens with one attached hydrogen (secondary N) is 1. The molecule has 0 fully saturated rings. The van der Waals surface area contributed by atoms with E-state index in [2.05, 4.69) is 20.4 Å². The van der Waals surface area contributed by atoms with Gasteiger partial charge in [0, 0.05) is 19.4 Å². The summed E-state index contributed by atoms with van der Waals surface area (Å²) in [5.74, 6) is 5.15. The molecule has 2 rings (SSSR count). The first-order valence-corrected chi connectivity index (χ1v) is 5.56. The van der Waals surface area contributed by atoms with Crippen LogP contribution in [0.15, 0.2) is 28.9 Å². The molecule has 0 saturated heterocycles. The van der Waals surface area contributed by atoms with E-state index in [1.165, 1.54) is 6.33 Å². The fraction of sp³-hybridized carbons (Fsp3) is 0.125. The molecule has 0 aromatic carbocycles. The van der Waals surface area contributed by atoms with Crippen molar-refractivity contribution in [3.63, 3.8) is 0 Å². The van der Waals surface area contributed by atoms with E-state index >= 15 is 0 Å². The van der Waals surface area contributed by atoms with Crippen LogP contribution >= 0.6 is 11.8 Å². The number of hydrogen-bond donors (Lipinski definition) is 2. The van der Waals surface area contributed by atoms with Crippen LogP contribution in [0.5, 0.6) is 0 Å². The molecule has 0 bridgehead atoms. The molecule has 0 spiro atoms. The zero-order chi connectivity index (χ0) is 13.1. The Morgan fingerprint density at radius 3 is 2.83 bits per heavy atom. The lowest BCUT2D eigenvalue weighted by Gasteiger charge is -2.04. The maximum absolute atomic E-state index is 11.0. The van der Waals surface area contributed by atoms with Gasteiger partial charge in [0.2, 0.25) is 5.82 Å². The average Bonchev–Trinajstić information content (AvgIpc) is 2.74. The van der Waals surface area contributed by atoms with E-state index in [-0.39, 0.29) is 16.5 Å². The SMILES string of the molecule is Cn1ccnc1Sc1ncnc(NN)c1[N+](=O)[O-]. The molecule has 2 heterocycles. The molecule has 9 nitrogen and oxygen atoms in total. The van der Waals surface area contributed by atoms with E-state index < -0.39 is 4.92 Å². The van der Waals surface area contributed by atoms with E-state index in [0.29, 0.717) is 5.16 Å². The second-order valence-corrected chi connectivity index (χ2v) is 4.16. The van der Waals surface area contributed by atoms with Crippen LogP contribution in [0.2, 0.25) is 0 Å². The molecule has 0 radical (unpaired) electrons. The van der Waals surface area contributed by atoms with Crippen molar-refractivity contribution in [2.24, 2.45) is 12.9 Å². The fourth-order valence-electron chi connectivity index (χ4n) is 1.24. The van der Waals surface area contributed by atoms with Crippen LogP contribution in [0.4, 0.5) is 11.5 Å². The molecule has 0 unspecified atom stereocenters.